The molecule has 3 rings (SSSR count). The van der Waals surface area contributed by atoms with Crippen molar-refractivity contribution in [1.82, 2.24) is 20.2 Å². The van der Waals surface area contributed by atoms with Crippen LogP contribution in [0.25, 0.3) is 10.2 Å². The first-order valence-corrected chi connectivity index (χ1v) is 7.67. The van der Waals surface area contributed by atoms with Gasteiger partial charge in [0.05, 0.1) is 16.8 Å². The zero-order valence-electron chi connectivity index (χ0n) is 11.8. The summed E-state index contributed by atoms with van der Waals surface area (Å²) in [6.07, 6.45) is 3.50. The molecule has 1 aliphatic heterocycles. The molecule has 7 heteroatoms. The van der Waals surface area contributed by atoms with Crippen LogP contribution in [0.3, 0.4) is 0 Å². The van der Waals surface area contributed by atoms with Crippen LogP contribution in [-0.4, -0.2) is 33.8 Å². The molecule has 0 bridgehead atoms. The highest BCUT2D eigenvalue weighted by Gasteiger charge is 2.22. The summed E-state index contributed by atoms with van der Waals surface area (Å²) < 4.78 is 1.78. The number of nitrogen functional groups attached to an aromatic ring is 1. The number of fused-ring (bicyclic) bond motifs is 1. The Kier molecular flexibility index (Phi) is 3.39. The Morgan fingerprint density at radius 2 is 2.05 bits per heavy atom. The lowest BCUT2D eigenvalue weighted by atomic mass is 10.2. The fourth-order valence-corrected chi connectivity index (χ4v) is 3.77. The average molecular weight is 293 g/mol. The first kappa shape index (κ1) is 13.4. The maximum absolute atomic E-state index is 12.4. The number of aryl methyl sites for hydroxylation is 2. The molecule has 0 saturated carbocycles. The second-order valence-electron chi connectivity index (χ2n) is 5.22. The third kappa shape index (κ3) is 2.16. The van der Waals surface area contributed by atoms with Crippen molar-refractivity contribution in [1.29, 1.82) is 0 Å². The molecule has 20 heavy (non-hydrogen) atoms. The summed E-state index contributed by atoms with van der Waals surface area (Å²) in [6, 6.07) is 0. The average Bonchev–Trinajstić information content (AvgIpc) is 2.90. The number of nitrogens with one attached hydrogen (secondary N) is 1. The molecule has 0 spiro atoms. The Balaban J connectivity index is 1.87. The van der Waals surface area contributed by atoms with E-state index in [1.165, 1.54) is 17.8 Å². The molecule has 1 saturated heterocycles. The first-order valence-electron chi connectivity index (χ1n) is 6.85. The van der Waals surface area contributed by atoms with Gasteiger partial charge in [-0.05, 0) is 19.8 Å². The van der Waals surface area contributed by atoms with E-state index >= 15 is 0 Å². The Morgan fingerprint density at radius 3 is 2.70 bits per heavy atom. The van der Waals surface area contributed by atoms with Gasteiger partial charge >= 0.3 is 0 Å². The highest BCUT2D eigenvalue weighted by atomic mass is 32.1. The second kappa shape index (κ2) is 5.06. The van der Waals surface area contributed by atoms with Crippen molar-refractivity contribution in [2.75, 3.05) is 18.8 Å². The van der Waals surface area contributed by atoms with Crippen molar-refractivity contribution in [3.63, 3.8) is 0 Å². The smallest absolute Gasteiger partial charge is 0.277 e. The molecule has 1 fully saturated rings. The third-order valence-electron chi connectivity index (χ3n) is 3.70. The van der Waals surface area contributed by atoms with Gasteiger partial charge in [-0.15, -0.1) is 11.3 Å². The number of nitrogens with two attached hydrogens (primary N) is 1. The van der Waals surface area contributed by atoms with Gasteiger partial charge in [-0.2, -0.15) is 5.10 Å². The molecule has 0 aliphatic carbocycles. The standard InChI is InChI=1S/C13H19N5OS/c1-8-9-10(14)11(20-13(9)17(2)15-8)12(19)16-18-6-4-3-5-7-18/h3-7,14H2,1-2H3,(H,16,19). The number of carbonyl (C=O) groups is 1. The van der Waals surface area contributed by atoms with E-state index in [1.807, 2.05) is 19.0 Å². The van der Waals surface area contributed by atoms with Crippen LogP contribution in [0.5, 0.6) is 0 Å². The summed E-state index contributed by atoms with van der Waals surface area (Å²) in [5, 5.41) is 7.22. The molecule has 0 atom stereocenters. The number of anilines is 1. The van der Waals surface area contributed by atoms with Gasteiger partial charge < -0.3 is 5.73 Å². The number of hydrogen-bond acceptors (Lipinski definition) is 5. The summed E-state index contributed by atoms with van der Waals surface area (Å²) in [5.41, 5.74) is 10.5. The minimum atomic E-state index is -0.106. The van der Waals surface area contributed by atoms with Gasteiger partial charge in [0.25, 0.3) is 5.91 Å². The highest BCUT2D eigenvalue weighted by Crippen LogP contribution is 2.35. The van der Waals surface area contributed by atoms with E-state index in [4.69, 9.17) is 5.73 Å². The van der Waals surface area contributed by atoms with Gasteiger partial charge in [0, 0.05) is 20.1 Å². The van der Waals surface area contributed by atoms with Crippen molar-refractivity contribution in [2.24, 2.45) is 7.05 Å². The number of aromatic nitrogens is 2. The monoisotopic (exact) mass is 293 g/mol. The second-order valence-corrected chi connectivity index (χ2v) is 6.22. The maximum atomic E-state index is 12.4. The number of nitrogens with zero attached hydrogens (tertiary/aromatic N) is 3. The lowest BCUT2D eigenvalue weighted by molar-refractivity contribution is 0.0755. The first-order chi connectivity index (χ1) is 9.58. The Morgan fingerprint density at radius 1 is 1.35 bits per heavy atom. The third-order valence-corrected chi connectivity index (χ3v) is 4.98. The zero-order chi connectivity index (χ0) is 14.3. The predicted octanol–water partition coefficient (Wildman–Crippen LogP) is 1.66. The van der Waals surface area contributed by atoms with E-state index in [1.54, 1.807) is 4.68 Å². The van der Waals surface area contributed by atoms with Crippen LogP contribution in [0.1, 0.15) is 34.6 Å². The van der Waals surface area contributed by atoms with Gasteiger partial charge in [0.15, 0.2) is 0 Å². The molecule has 3 heterocycles. The number of piperidine rings is 1. The molecule has 2 aromatic heterocycles. The molecule has 1 amide bonds. The van der Waals surface area contributed by atoms with Gasteiger partial charge in [-0.3, -0.25) is 14.9 Å². The Labute approximate surface area is 121 Å². The number of carbonyl (C=O) groups excluding carboxylic acids is 1. The molecule has 108 valence electrons. The van der Waals surface area contributed by atoms with Crippen LogP contribution >= 0.6 is 11.3 Å². The van der Waals surface area contributed by atoms with Crippen molar-refractivity contribution in [2.45, 2.75) is 26.2 Å². The van der Waals surface area contributed by atoms with Gasteiger partial charge in [0.1, 0.15) is 9.71 Å². The molecule has 2 aromatic rings. The Bertz CT molecular complexity index is 653. The molecule has 1 aliphatic rings. The normalized spacial score (nSPS) is 16.7. The molecule has 0 unspecified atom stereocenters. The van der Waals surface area contributed by atoms with Gasteiger partial charge in [-0.1, -0.05) is 6.42 Å². The fraction of sp³-hybridized carbons (Fsp3) is 0.538. The zero-order valence-corrected chi connectivity index (χ0v) is 12.6. The summed E-state index contributed by atoms with van der Waals surface area (Å²) >= 11 is 1.40. The van der Waals surface area contributed by atoms with E-state index in [0.717, 1.165) is 41.8 Å². The number of hydrazine groups is 1. The molecule has 6 nitrogen and oxygen atoms in total. The van der Waals surface area contributed by atoms with Crippen LogP contribution < -0.4 is 11.2 Å². The number of rotatable bonds is 2. The summed E-state index contributed by atoms with van der Waals surface area (Å²) in [6.45, 7) is 3.74. The van der Waals surface area contributed by atoms with E-state index < -0.39 is 0 Å². The van der Waals surface area contributed by atoms with Gasteiger partial charge in [-0.25, -0.2) is 5.01 Å². The van der Waals surface area contributed by atoms with Crippen LogP contribution in [-0.2, 0) is 7.05 Å². The number of amides is 1. The Hall–Kier alpha value is -1.60. The summed E-state index contributed by atoms with van der Waals surface area (Å²) in [4.78, 5) is 13.9. The molecular formula is C13H19N5OS. The summed E-state index contributed by atoms with van der Waals surface area (Å²) in [5.74, 6) is -0.106. The number of thiophene rings is 1. The van der Waals surface area contributed by atoms with E-state index in [2.05, 4.69) is 10.5 Å². The SMILES string of the molecule is Cc1nn(C)c2sc(C(=O)NN3CCCCC3)c(N)c12. The highest BCUT2D eigenvalue weighted by molar-refractivity contribution is 7.21. The van der Waals surface area contributed by atoms with Crippen LogP contribution in [0.4, 0.5) is 5.69 Å². The minimum absolute atomic E-state index is 0.106. The molecule has 3 N–H and O–H groups in total. The van der Waals surface area contributed by atoms with E-state index in [-0.39, 0.29) is 5.91 Å². The lowest BCUT2D eigenvalue weighted by Crippen LogP contribution is -2.44. The number of hydrogen-bond donors (Lipinski definition) is 2. The molecular weight excluding hydrogens is 274 g/mol. The molecule has 0 aromatic carbocycles. The van der Waals surface area contributed by atoms with Crippen LogP contribution in [0.15, 0.2) is 0 Å². The maximum Gasteiger partial charge on any atom is 0.277 e. The quantitative estimate of drug-likeness (QED) is 0.883. The van der Waals surface area contributed by atoms with E-state index in [0.29, 0.717) is 10.6 Å². The molecule has 0 radical (unpaired) electrons. The topological polar surface area (TPSA) is 76.2 Å². The van der Waals surface area contributed by atoms with Crippen molar-refractivity contribution < 1.29 is 4.79 Å². The van der Waals surface area contributed by atoms with Crippen molar-refractivity contribution in [3.05, 3.63) is 10.6 Å². The lowest BCUT2D eigenvalue weighted by Gasteiger charge is -2.26. The van der Waals surface area contributed by atoms with Gasteiger partial charge in [0.2, 0.25) is 0 Å². The van der Waals surface area contributed by atoms with Crippen molar-refractivity contribution in [3.8, 4) is 0 Å². The predicted molar refractivity (Wildman–Crippen MR) is 80.6 cm³/mol. The van der Waals surface area contributed by atoms with Crippen LogP contribution in [0.2, 0.25) is 0 Å². The summed E-state index contributed by atoms with van der Waals surface area (Å²) in [7, 11) is 1.87. The minimum Gasteiger partial charge on any atom is -0.397 e. The fourth-order valence-electron chi connectivity index (χ4n) is 2.70. The van der Waals surface area contributed by atoms with Crippen LogP contribution in [0, 0.1) is 6.92 Å². The van der Waals surface area contributed by atoms with E-state index in [9.17, 15) is 4.79 Å². The largest absolute Gasteiger partial charge is 0.397 e. The van der Waals surface area contributed by atoms with Crippen molar-refractivity contribution >= 4 is 33.1 Å².